The zero-order chi connectivity index (χ0) is 11.6. The molecule has 1 aliphatic heterocycles. The second kappa shape index (κ2) is 4.72. The zero-order valence-corrected chi connectivity index (χ0v) is 10.4. The molecule has 1 aromatic rings. The first kappa shape index (κ1) is 11.9. The second-order valence-electron chi connectivity index (χ2n) is 2.91. The average Bonchev–Trinajstić information content (AvgIpc) is 2.65. The van der Waals surface area contributed by atoms with Crippen molar-refractivity contribution in [2.75, 3.05) is 0 Å². The summed E-state index contributed by atoms with van der Waals surface area (Å²) in [6, 6.07) is 9.54. The third-order valence-corrected chi connectivity index (χ3v) is 5.61. The predicted molar refractivity (Wildman–Crippen MR) is 68.3 cm³/mol. The molecule has 0 aliphatic carbocycles. The topological polar surface area (TPSA) is 63.6 Å². The monoisotopic (exact) mass is 276 g/mol. The van der Waals surface area contributed by atoms with E-state index >= 15 is 0 Å². The maximum absolute atomic E-state index is 10.5. The molecule has 0 radical (unpaired) electrons. The van der Waals surface area contributed by atoms with E-state index < -0.39 is 20.2 Å². The first-order valence-corrected chi connectivity index (χ1v) is 8.20. The summed E-state index contributed by atoms with van der Waals surface area (Å²) < 4.78 is 34.0. The van der Waals surface area contributed by atoms with Gasteiger partial charge in [-0.1, -0.05) is 30.3 Å². The van der Waals surface area contributed by atoms with E-state index in [0.717, 1.165) is 11.1 Å². The van der Waals surface area contributed by atoms with Crippen LogP contribution in [0.4, 0.5) is 0 Å². The van der Waals surface area contributed by atoms with Crippen LogP contribution in [0.1, 0.15) is 5.56 Å². The highest BCUT2D eigenvalue weighted by atomic mass is 33.1. The van der Waals surface area contributed by atoms with E-state index in [9.17, 15) is 8.42 Å². The van der Waals surface area contributed by atoms with Gasteiger partial charge in [-0.05, 0) is 27.3 Å². The molecule has 0 spiro atoms. The Hall–Kier alpha value is -0.600. The molecule has 1 unspecified atom stereocenters. The lowest BCUT2D eigenvalue weighted by Crippen LogP contribution is -1.97. The molecule has 0 saturated carbocycles. The minimum Gasteiger partial charge on any atom is -0.263 e. The van der Waals surface area contributed by atoms with Crippen LogP contribution in [0.2, 0.25) is 0 Å². The van der Waals surface area contributed by atoms with Crippen molar-refractivity contribution in [1.29, 1.82) is 0 Å². The second-order valence-corrected chi connectivity index (χ2v) is 7.06. The van der Waals surface area contributed by atoms with Gasteiger partial charge < -0.3 is 0 Å². The first-order chi connectivity index (χ1) is 7.54. The van der Waals surface area contributed by atoms with Crippen LogP contribution in [-0.4, -0.2) is 18.3 Å². The standard InChI is InChI=1S/C9H8O4S3/c10-16(11,12)13-15-7-9(6-14-15)8-4-2-1-3-5-8/h1-7H,(H,10,11,12). The molecule has 2 rings (SSSR count). The van der Waals surface area contributed by atoms with Gasteiger partial charge in [-0.25, -0.2) is 0 Å². The van der Waals surface area contributed by atoms with Crippen LogP contribution in [0.5, 0.6) is 0 Å². The maximum Gasteiger partial charge on any atom is 0.408 e. The third kappa shape index (κ3) is 3.19. The van der Waals surface area contributed by atoms with Crippen LogP contribution >= 0.6 is 20.6 Å². The van der Waals surface area contributed by atoms with Gasteiger partial charge in [0.2, 0.25) is 0 Å². The largest absolute Gasteiger partial charge is 0.408 e. The summed E-state index contributed by atoms with van der Waals surface area (Å²) >= 11 is 0. The number of rotatable bonds is 3. The summed E-state index contributed by atoms with van der Waals surface area (Å²) in [4.78, 5) is 0. The van der Waals surface area contributed by atoms with Crippen molar-refractivity contribution in [3.63, 3.8) is 0 Å². The lowest BCUT2D eigenvalue weighted by molar-refractivity contribution is 0.409. The molecular formula is C9H8O4S3. The van der Waals surface area contributed by atoms with Crippen LogP contribution in [0.25, 0.3) is 5.57 Å². The minimum absolute atomic E-state index is 0.901. The van der Waals surface area contributed by atoms with Gasteiger partial charge in [0, 0.05) is 15.2 Å². The highest BCUT2D eigenvalue weighted by molar-refractivity contribution is 8.84. The molecule has 0 aromatic heterocycles. The molecule has 1 N–H and O–H groups in total. The van der Waals surface area contributed by atoms with Gasteiger partial charge >= 0.3 is 10.4 Å². The van der Waals surface area contributed by atoms with Gasteiger partial charge in [0.1, 0.15) is 0 Å². The summed E-state index contributed by atoms with van der Waals surface area (Å²) in [7, 11) is -4.13. The van der Waals surface area contributed by atoms with Crippen molar-refractivity contribution in [2.45, 2.75) is 0 Å². The van der Waals surface area contributed by atoms with Gasteiger partial charge in [0.15, 0.2) is 0 Å². The molecule has 0 saturated heterocycles. The number of hydrogen-bond acceptors (Lipinski definition) is 4. The molecular weight excluding hydrogens is 268 g/mol. The van der Waals surface area contributed by atoms with E-state index in [1.54, 1.807) is 5.37 Å². The van der Waals surface area contributed by atoms with E-state index in [1.807, 2.05) is 35.7 Å². The van der Waals surface area contributed by atoms with Crippen LogP contribution < -0.4 is 0 Å². The predicted octanol–water partition coefficient (Wildman–Crippen LogP) is 2.49. The lowest BCUT2D eigenvalue weighted by atomic mass is 10.1. The van der Waals surface area contributed by atoms with Crippen molar-refractivity contribution < 1.29 is 16.6 Å². The number of hydrogen-bond donors (Lipinski definition) is 1. The van der Waals surface area contributed by atoms with E-state index in [4.69, 9.17) is 4.55 Å². The summed E-state index contributed by atoms with van der Waals surface area (Å²) in [5.41, 5.74) is 1.89. The van der Waals surface area contributed by atoms with Gasteiger partial charge in [-0.3, -0.25) is 4.55 Å². The Morgan fingerprint density at radius 1 is 1.25 bits per heavy atom. The van der Waals surface area contributed by atoms with Gasteiger partial charge in [0.05, 0.1) is 0 Å². The lowest BCUT2D eigenvalue weighted by Gasteiger charge is -1.98. The summed E-state index contributed by atoms with van der Waals surface area (Å²) in [5.74, 6) is 0. The molecule has 16 heavy (non-hydrogen) atoms. The molecule has 86 valence electrons. The Labute approximate surface area is 99.8 Å². The Morgan fingerprint density at radius 3 is 2.56 bits per heavy atom. The van der Waals surface area contributed by atoms with Crippen molar-refractivity contribution in [1.82, 2.24) is 0 Å². The quantitative estimate of drug-likeness (QED) is 0.522. The first-order valence-electron chi connectivity index (χ1n) is 4.23. The summed E-state index contributed by atoms with van der Waals surface area (Å²) in [6.45, 7) is 0. The van der Waals surface area contributed by atoms with Gasteiger partial charge in [0.25, 0.3) is 0 Å². The molecule has 0 amide bonds. The Kier molecular flexibility index (Phi) is 3.50. The number of allylic oxidation sites excluding steroid dienone is 1. The van der Waals surface area contributed by atoms with Crippen molar-refractivity contribution in [3.05, 3.63) is 41.3 Å². The fourth-order valence-corrected chi connectivity index (χ4v) is 5.06. The van der Waals surface area contributed by atoms with Crippen LogP contribution in [0, 0.1) is 0 Å². The minimum atomic E-state index is -4.39. The summed E-state index contributed by atoms with van der Waals surface area (Å²) in [6.07, 6.45) is 0. The molecule has 0 bridgehead atoms. The SMILES string of the molecule is O=S(=O)(O)OS1=CC(c2ccccc2)=CS1. The zero-order valence-electron chi connectivity index (χ0n) is 7.94. The average molecular weight is 276 g/mol. The smallest absolute Gasteiger partial charge is 0.263 e. The molecule has 1 heterocycles. The molecule has 1 aromatic carbocycles. The van der Waals surface area contributed by atoms with Crippen molar-refractivity contribution >= 4 is 41.9 Å². The highest BCUT2D eigenvalue weighted by Crippen LogP contribution is 2.42. The fourth-order valence-electron chi connectivity index (χ4n) is 1.15. The summed E-state index contributed by atoms with van der Waals surface area (Å²) in [5, 5.41) is 3.48. The Balaban J connectivity index is 2.17. The van der Waals surface area contributed by atoms with Crippen LogP contribution in [0.3, 0.4) is 0 Å². The van der Waals surface area contributed by atoms with Gasteiger partial charge in [-0.15, -0.1) is 0 Å². The molecule has 4 nitrogen and oxygen atoms in total. The van der Waals surface area contributed by atoms with E-state index in [-0.39, 0.29) is 0 Å². The van der Waals surface area contributed by atoms with E-state index in [0.29, 0.717) is 0 Å². The molecule has 1 atom stereocenters. The van der Waals surface area contributed by atoms with Crippen molar-refractivity contribution in [2.24, 2.45) is 0 Å². The number of benzene rings is 1. The third-order valence-electron chi connectivity index (χ3n) is 1.75. The van der Waals surface area contributed by atoms with E-state index in [2.05, 4.69) is 3.63 Å². The molecule has 7 heteroatoms. The Morgan fingerprint density at radius 2 is 1.94 bits per heavy atom. The van der Waals surface area contributed by atoms with E-state index in [1.165, 1.54) is 10.8 Å². The van der Waals surface area contributed by atoms with Gasteiger partial charge in [-0.2, -0.15) is 12.0 Å². The van der Waals surface area contributed by atoms with Crippen LogP contribution in [-0.2, 0) is 14.0 Å². The maximum atomic E-state index is 10.5. The van der Waals surface area contributed by atoms with Crippen LogP contribution in [0.15, 0.2) is 35.7 Å². The van der Waals surface area contributed by atoms with Crippen molar-refractivity contribution in [3.8, 4) is 0 Å². The highest BCUT2D eigenvalue weighted by Gasteiger charge is 2.14. The Bertz CT molecular complexity index is 545. The molecule has 0 fully saturated rings. The normalized spacial score (nSPS) is 20.3. The molecule has 1 aliphatic rings. The fraction of sp³-hybridized carbons (Fsp3) is 0.